The summed E-state index contributed by atoms with van der Waals surface area (Å²) >= 11 is 0. The Morgan fingerprint density at radius 3 is 2.13 bits per heavy atom. The van der Waals surface area contributed by atoms with Crippen molar-refractivity contribution in [2.24, 2.45) is 17.6 Å². The van der Waals surface area contributed by atoms with Gasteiger partial charge in [-0.2, -0.15) is 0 Å². The molecule has 2 nitrogen and oxygen atoms in total. The Hall–Kier alpha value is -0.600. The van der Waals surface area contributed by atoms with Gasteiger partial charge in [0.2, 0.25) is 0 Å². The van der Waals surface area contributed by atoms with E-state index in [1.54, 1.807) is 0 Å². The molecule has 88 valence electrons. The molecule has 0 radical (unpaired) electrons. The van der Waals surface area contributed by atoms with E-state index in [1.807, 2.05) is 26.8 Å². The van der Waals surface area contributed by atoms with E-state index in [1.165, 1.54) is 0 Å². The van der Waals surface area contributed by atoms with Gasteiger partial charge >= 0.3 is 0 Å². The van der Waals surface area contributed by atoms with Crippen molar-refractivity contribution in [3.05, 3.63) is 23.8 Å². The fourth-order valence-electron chi connectivity index (χ4n) is 1.52. The summed E-state index contributed by atoms with van der Waals surface area (Å²) in [6.45, 7) is 14.1. The number of nitrogens with two attached hydrogens (primary N) is 1. The Morgan fingerprint density at radius 2 is 1.80 bits per heavy atom. The van der Waals surface area contributed by atoms with E-state index in [0.717, 1.165) is 11.1 Å². The maximum absolute atomic E-state index is 9.95. The van der Waals surface area contributed by atoms with E-state index in [2.05, 4.69) is 20.4 Å². The first-order valence-electron chi connectivity index (χ1n) is 5.58. The van der Waals surface area contributed by atoms with Crippen LogP contribution in [-0.2, 0) is 0 Å². The molecule has 0 amide bonds. The molecule has 3 atom stereocenters. The quantitative estimate of drug-likeness (QED) is 0.686. The van der Waals surface area contributed by atoms with Crippen LogP contribution in [0.25, 0.3) is 0 Å². The summed E-state index contributed by atoms with van der Waals surface area (Å²) in [5.74, 6) is 0.541. The maximum atomic E-state index is 9.95. The van der Waals surface area contributed by atoms with Gasteiger partial charge in [-0.3, -0.25) is 0 Å². The summed E-state index contributed by atoms with van der Waals surface area (Å²) in [6, 6.07) is -0.268. The predicted molar refractivity (Wildman–Crippen MR) is 66.6 cm³/mol. The van der Waals surface area contributed by atoms with Crippen molar-refractivity contribution in [2.75, 3.05) is 0 Å². The van der Waals surface area contributed by atoms with Crippen molar-refractivity contribution in [2.45, 2.75) is 46.8 Å². The third-order valence-corrected chi connectivity index (χ3v) is 3.19. The first-order valence-corrected chi connectivity index (χ1v) is 5.58. The molecular weight excluding hydrogens is 186 g/mol. The lowest BCUT2D eigenvalue weighted by atomic mass is 9.84. The number of rotatable bonds is 5. The molecule has 0 saturated heterocycles. The minimum Gasteiger partial charge on any atom is -0.387 e. The Balaban J connectivity index is 4.57. The molecule has 0 aromatic heterocycles. The van der Waals surface area contributed by atoms with Crippen molar-refractivity contribution < 1.29 is 5.11 Å². The van der Waals surface area contributed by atoms with Crippen molar-refractivity contribution in [3.63, 3.8) is 0 Å². The minimum atomic E-state index is -0.569. The molecule has 0 bridgehead atoms. The van der Waals surface area contributed by atoms with Crippen LogP contribution in [0.15, 0.2) is 23.8 Å². The highest BCUT2D eigenvalue weighted by Crippen LogP contribution is 2.23. The summed E-state index contributed by atoms with van der Waals surface area (Å²) < 4.78 is 0. The van der Waals surface area contributed by atoms with Crippen molar-refractivity contribution >= 4 is 0 Å². The van der Waals surface area contributed by atoms with E-state index in [-0.39, 0.29) is 12.0 Å². The number of aliphatic hydroxyl groups is 1. The second-order valence-electron chi connectivity index (χ2n) is 4.57. The Morgan fingerprint density at radius 1 is 1.33 bits per heavy atom. The van der Waals surface area contributed by atoms with E-state index in [0.29, 0.717) is 5.92 Å². The molecule has 0 aliphatic rings. The zero-order chi connectivity index (χ0) is 12.2. The second-order valence-corrected chi connectivity index (χ2v) is 4.57. The van der Waals surface area contributed by atoms with Gasteiger partial charge in [0.1, 0.15) is 0 Å². The van der Waals surface area contributed by atoms with Gasteiger partial charge in [0.15, 0.2) is 0 Å². The molecule has 0 spiro atoms. The molecule has 0 aromatic carbocycles. The highest BCUT2D eigenvalue weighted by Gasteiger charge is 2.25. The third-order valence-electron chi connectivity index (χ3n) is 3.19. The van der Waals surface area contributed by atoms with Gasteiger partial charge in [-0.15, -0.1) is 0 Å². The predicted octanol–water partition coefficient (Wildman–Crippen LogP) is 2.49. The first-order chi connectivity index (χ1) is 6.82. The topological polar surface area (TPSA) is 46.2 Å². The van der Waals surface area contributed by atoms with Gasteiger partial charge in [0.25, 0.3) is 0 Å². The van der Waals surface area contributed by atoms with E-state index in [9.17, 15) is 5.11 Å². The molecule has 0 rings (SSSR count). The van der Waals surface area contributed by atoms with E-state index in [4.69, 9.17) is 5.73 Å². The summed E-state index contributed by atoms with van der Waals surface area (Å²) in [5.41, 5.74) is 8.05. The second kappa shape index (κ2) is 6.09. The zero-order valence-electron chi connectivity index (χ0n) is 10.6. The standard InChI is InChI=1S/C13H25NO/c1-7-9(4)13(15)12(14)11(6)10(5)8(2)3/h7-8,11-13,15H,5,14H2,1-4,6H3. The Labute approximate surface area is 93.9 Å². The lowest BCUT2D eigenvalue weighted by Crippen LogP contribution is -2.42. The number of hydrogen-bond acceptors (Lipinski definition) is 2. The average Bonchev–Trinajstić information content (AvgIpc) is 2.23. The number of allylic oxidation sites excluding steroid dienone is 1. The van der Waals surface area contributed by atoms with Crippen LogP contribution in [0.4, 0.5) is 0 Å². The summed E-state index contributed by atoms with van der Waals surface area (Å²) in [4.78, 5) is 0. The average molecular weight is 211 g/mol. The zero-order valence-corrected chi connectivity index (χ0v) is 10.6. The van der Waals surface area contributed by atoms with Gasteiger partial charge in [-0.1, -0.05) is 39.0 Å². The van der Waals surface area contributed by atoms with Crippen molar-refractivity contribution in [3.8, 4) is 0 Å². The Bertz CT molecular complexity index is 243. The van der Waals surface area contributed by atoms with Crippen LogP contribution in [-0.4, -0.2) is 17.3 Å². The SMILES string of the molecule is C=C(C(C)C)C(C)C(N)C(O)C(C)=CC. The molecule has 2 heteroatoms. The molecule has 0 saturated carbocycles. The van der Waals surface area contributed by atoms with E-state index < -0.39 is 6.10 Å². The summed E-state index contributed by atoms with van der Waals surface area (Å²) in [6.07, 6.45) is 1.33. The molecule has 0 heterocycles. The van der Waals surface area contributed by atoms with Crippen LogP contribution < -0.4 is 5.73 Å². The van der Waals surface area contributed by atoms with Crippen LogP contribution in [0.1, 0.15) is 34.6 Å². The van der Waals surface area contributed by atoms with Gasteiger partial charge in [-0.25, -0.2) is 0 Å². The maximum Gasteiger partial charge on any atom is 0.0903 e. The fraction of sp³-hybridized carbons (Fsp3) is 0.692. The summed E-state index contributed by atoms with van der Waals surface area (Å²) in [5, 5.41) is 9.95. The van der Waals surface area contributed by atoms with Crippen LogP contribution in [0.5, 0.6) is 0 Å². The number of aliphatic hydroxyl groups excluding tert-OH is 1. The van der Waals surface area contributed by atoms with Crippen molar-refractivity contribution in [1.29, 1.82) is 0 Å². The largest absolute Gasteiger partial charge is 0.387 e. The Kier molecular flexibility index (Phi) is 5.84. The van der Waals surface area contributed by atoms with Crippen LogP contribution in [0, 0.1) is 11.8 Å². The fourth-order valence-corrected chi connectivity index (χ4v) is 1.52. The van der Waals surface area contributed by atoms with E-state index >= 15 is 0 Å². The smallest absolute Gasteiger partial charge is 0.0903 e. The molecule has 0 aliphatic heterocycles. The third kappa shape index (κ3) is 3.80. The van der Waals surface area contributed by atoms with Crippen LogP contribution in [0.2, 0.25) is 0 Å². The van der Waals surface area contributed by atoms with Gasteiger partial charge < -0.3 is 10.8 Å². The normalized spacial score (nSPS) is 18.8. The molecule has 0 fully saturated rings. The summed E-state index contributed by atoms with van der Waals surface area (Å²) in [7, 11) is 0. The molecular formula is C13H25NO. The van der Waals surface area contributed by atoms with Gasteiger partial charge in [0, 0.05) is 6.04 Å². The molecule has 3 unspecified atom stereocenters. The first kappa shape index (κ1) is 14.4. The number of hydrogen-bond donors (Lipinski definition) is 2. The molecule has 3 N–H and O–H groups in total. The molecule has 0 aromatic rings. The highest BCUT2D eigenvalue weighted by molar-refractivity contribution is 5.13. The molecule has 0 aliphatic carbocycles. The van der Waals surface area contributed by atoms with Crippen molar-refractivity contribution in [1.82, 2.24) is 0 Å². The molecule has 15 heavy (non-hydrogen) atoms. The minimum absolute atomic E-state index is 0.134. The van der Waals surface area contributed by atoms with Crippen LogP contribution in [0.3, 0.4) is 0 Å². The lowest BCUT2D eigenvalue weighted by Gasteiger charge is -2.28. The van der Waals surface area contributed by atoms with Crippen LogP contribution >= 0.6 is 0 Å². The van der Waals surface area contributed by atoms with Gasteiger partial charge in [0.05, 0.1) is 6.10 Å². The van der Waals surface area contributed by atoms with Gasteiger partial charge in [-0.05, 0) is 31.3 Å². The highest BCUT2D eigenvalue weighted by atomic mass is 16.3. The monoisotopic (exact) mass is 211 g/mol. The lowest BCUT2D eigenvalue weighted by molar-refractivity contribution is 0.158.